The largest absolute Gasteiger partial charge is 0.488 e. The van der Waals surface area contributed by atoms with Crippen LogP contribution >= 0.6 is 0 Å². The molecule has 1 saturated carbocycles. The number of nitrogens with zero attached hydrogens (tertiary/aromatic N) is 2. The first-order chi connectivity index (χ1) is 14.2. The van der Waals surface area contributed by atoms with Crippen molar-refractivity contribution in [2.24, 2.45) is 5.92 Å². The summed E-state index contributed by atoms with van der Waals surface area (Å²) in [5.74, 6) is 0.885. The molecule has 1 fully saturated rings. The molecule has 3 aromatic rings. The Kier molecular flexibility index (Phi) is 6.22. The molecule has 0 spiro atoms. The molecule has 1 heterocycles. The summed E-state index contributed by atoms with van der Waals surface area (Å²) in [5, 5.41) is 13.9. The van der Waals surface area contributed by atoms with Crippen molar-refractivity contribution in [3.05, 3.63) is 84.2 Å². The van der Waals surface area contributed by atoms with Gasteiger partial charge in [-0.1, -0.05) is 36.4 Å². The Labute approximate surface area is 170 Å². The van der Waals surface area contributed by atoms with Crippen LogP contribution in [0.5, 0.6) is 5.75 Å². The zero-order chi connectivity index (χ0) is 20.1. The molecule has 152 valence electrons. The van der Waals surface area contributed by atoms with E-state index < -0.39 is 0 Å². The van der Waals surface area contributed by atoms with Gasteiger partial charge in [-0.2, -0.15) is 0 Å². The van der Waals surface area contributed by atoms with E-state index in [0.29, 0.717) is 18.0 Å². The third-order valence-corrected chi connectivity index (χ3v) is 5.52. The lowest BCUT2D eigenvalue weighted by molar-refractivity contribution is 0.145. The lowest BCUT2D eigenvalue weighted by Crippen LogP contribution is -2.35. The molecule has 2 aromatic carbocycles. The molecule has 2 N–H and O–H groups in total. The van der Waals surface area contributed by atoms with Gasteiger partial charge in [0, 0.05) is 42.7 Å². The second kappa shape index (κ2) is 9.20. The molecule has 4 rings (SSSR count). The van der Waals surface area contributed by atoms with Crippen molar-refractivity contribution in [2.45, 2.75) is 44.7 Å². The highest BCUT2D eigenvalue weighted by molar-refractivity contribution is 5.33. The first-order valence-electron chi connectivity index (χ1n) is 10.0. The fraction of sp³-hybridized carbons (Fsp3) is 0.348. The van der Waals surface area contributed by atoms with E-state index in [4.69, 9.17) is 4.74 Å². The van der Waals surface area contributed by atoms with Gasteiger partial charge in [0.2, 0.25) is 0 Å². The average molecular weight is 395 g/mol. The van der Waals surface area contributed by atoms with Crippen molar-refractivity contribution in [2.75, 3.05) is 0 Å². The Morgan fingerprint density at radius 2 is 1.90 bits per heavy atom. The van der Waals surface area contributed by atoms with Crippen LogP contribution in [0.25, 0.3) is 0 Å². The fourth-order valence-corrected chi connectivity index (χ4v) is 3.98. The summed E-state index contributed by atoms with van der Waals surface area (Å²) in [4.78, 5) is 4.08. The number of benzene rings is 2. The van der Waals surface area contributed by atoms with Gasteiger partial charge in [0.1, 0.15) is 18.2 Å². The molecule has 3 atom stereocenters. The van der Waals surface area contributed by atoms with Gasteiger partial charge < -0.3 is 19.7 Å². The molecular formula is C23H26FN3O2. The maximum atomic E-state index is 13.8. The van der Waals surface area contributed by atoms with Gasteiger partial charge in [-0.05, 0) is 30.9 Å². The van der Waals surface area contributed by atoms with Crippen molar-refractivity contribution in [1.29, 1.82) is 0 Å². The molecule has 0 radical (unpaired) electrons. The molecule has 0 aliphatic heterocycles. The number of ether oxygens (including phenoxy) is 1. The smallest absolute Gasteiger partial charge is 0.129 e. The van der Waals surface area contributed by atoms with Crippen molar-refractivity contribution in [3.8, 4) is 5.75 Å². The highest BCUT2D eigenvalue weighted by Crippen LogP contribution is 2.28. The number of aromatic nitrogens is 2. The highest BCUT2D eigenvalue weighted by Gasteiger charge is 2.32. The summed E-state index contributed by atoms with van der Waals surface area (Å²) in [5.41, 5.74) is 1.53. The van der Waals surface area contributed by atoms with Crippen molar-refractivity contribution in [3.63, 3.8) is 0 Å². The Morgan fingerprint density at radius 3 is 2.69 bits per heavy atom. The predicted octanol–water partition coefficient (Wildman–Crippen LogP) is 3.53. The van der Waals surface area contributed by atoms with E-state index in [1.54, 1.807) is 24.4 Å². The Balaban J connectivity index is 1.33. The molecule has 6 heteroatoms. The molecule has 0 saturated heterocycles. The van der Waals surface area contributed by atoms with Crippen molar-refractivity contribution >= 4 is 0 Å². The summed E-state index contributed by atoms with van der Waals surface area (Å²) in [6.45, 7) is 1.65. The lowest BCUT2D eigenvalue weighted by Gasteiger charge is -2.18. The SMILES string of the molecule is O[C@@H]1CC(Cn2ccnc2)C[C@H]1NCc1ccccc1OCc1ccccc1F. The minimum Gasteiger partial charge on any atom is -0.488 e. The summed E-state index contributed by atoms with van der Waals surface area (Å²) in [7, 11) is 0. The first kappa shape index (κ1) is 19.6. The average Bonchev–Trinajstić information content (AvgIpc) is 3.36. The molecule has 1 aromatic heterocycles. The number of halogens is 1. The van der Waals surface area contributed by atoms with Crippen LogP contribution in [0, 0.1) is 11.7 Å². The first-order valence-corrected chi connectivity index (χ1v) is 10.0. The second-order valence-corrected chi connectivity index (χ2v) is 7.64. The van der Waals surface area contributed by atoms with E-state index in [-0.39, 0.29) is 24.6 Å². The molecule has 0 amide bonds. The quantitative estimate of drug-likeness (QED) is 0.613. The van der Waals surface area contributed by atoms with E-state index in [0.717, 1.165) is 30.7 Å². The van der Waals surface area contributed by atoms with Crippen LogP contribution < -0.4 is 10.1 Å². The molecule has 5 nitrogen and oxygen atoms in total. The number of aliphatic hydroxyl groups is 1. The topological polar surface area (TPSA) is 59.3 Å². The minimum atomic E-state index is -0.366. The monoisotopic (exact) mass is 395 g/mol. The van der Waals surface area contributed by atoms with Crippen LogP contribution in [0.1, 0.15) is 24.0 Å². The second-order valence-electron chi connectivity index (χ2n) is 7.64. The number of nitrogens with one attached hydrogen (secondary N) is 1. The molecule has 0 bridgehead atoms. The van der Waals surface area contributed by atoms with Crippen LogP contribution in [-0.4, -0.2) is 26.8 Å². The normalized spacial score (nSPS) is 21.4. The van der Waals surface area contributed by atoms with Crippen LogP contribution in [-0.2, 0) is 19.7 Å². The zero-order valence-corrected chi connectivity index (χ0v) is 16.2. The number of hydrogen-bond acceptors (Lipinski definition) is 4. The van der Waals surface area contributed by atoms with Gasteiger partial charge in [0.25, 0.3) is 0 Å². The number of rotatable bonds is 8. The number of para-hydroxylation sites is 1. The van der Waals surface area contributed by atoms with Crippen LogP contribution in [0.2, 0.25) is 0 Å². The Hall–Kier alpha value is -2.70. The van der Waals surface area contributed by atoms with E-state index in [1.165, 1.54) is 6.07 Å². The Morgan fingerprint density at radius 1 is 1.10 bits per heavy atom. The van der Waals surface area contributed by atoms with Crippen molar-refractivity contribution < 1.29 is 14.2 Å². The minimum absolute atomic E-state index is 0.0446. The maximum absolute atomic E-state index is 13.8. The molecule has 1 unspecified atom stereocenters. The van der Waals surface area contributed by atoms with Gasteiger partial charge in [-0.25, -0.2) is 9.37 Å². The maximum Gasteiger partial charge on any atom is 0.129 e. The third kappa shape index (κ3) is 5.02. The number of aliphatic hydroxyl groups excluding tert-OH is 1. The van der Waals surface area contributed by atoms with E-state index in [9.17, 15) is 9.50 Å². The molecule has 29 heavy (non-hydrogen) atoms. The van der Waals surface area contributed by atoms with Crippen molar-refractivity contribution in [1.82, 2.24) is 14.9 Å². The molecular weight excluding hydrogens is 369 g/mol. The van der Waals surface area contributed by atoms with Crippen LogP contribution in [0.4, 0.5) is 4.39 Å². The van der Waals surface area contributed by atoms with E-state index >= 15 is 0 Å². The van der Waals surface area contributed by atoms with Gasteiger partial charge in [-0.15, -0.1) is 0 Å². The number of imidazole rings is 1. The third-order valence-electron chi connectivity index (χ3n) is 5.52. The zero-order valence-electron chi connectivity index (χ0n) is 16.2. The predicted molar refractivity (Wildman–Crippen MR) is 109 cm³/mol. The fourth-order valence-electron chi connectivity index (χ4n) is 3.98. The molecule has 1 aliphatic rings. The van der Waals surface area contributed by atoms with Crippen LogP contribution in [0.15, 0.2) is 67.3 Å². The van der Waals surface area contributed by atoms with Gasteiger partial charge in [0.15, 0.2) is 0 Å². The summed E-state index contributed by atoms with van der Waals surface area (Å²) >= 11 is 0. The number of hydrogen-bond donors (Lipinski definition) is 2. The summed E-state index contributed by atoms with van der Waals surface area (Å²) < 4.78 is 21.8. The highest BCUT2D eigenvalue weighted by atomic mass is 19.1. The summed E-state index contributed by atoms with van der Waals surface area (Å²) in [6.07, 6.45) is 6.88. The standard InChI is InChI=1S/C23H26FN3O2/c24-20-7-3-1-6-19(20)15-29-23-8-4-2-5-18(23)13-26-21-11-17(12-22(21)28)14-27-10-9-25-16-27/h1-10,16-17,21-22,26,28H,11-15H2/t17?,21-,22-/m1/s1. The van der Waals surface area contributed by atoms with E-state index in [1.807, 2.05) is 36.8 Å². The molecule has 1 aliphatic carbocycles. The Bertz CT molecular complexity index is 916. The van der Waals surface area contributed by atoms with Gasteiger partial charge in [-0.3, -0.25) is 0 Å². The van der Waals surface area contributed by atoms with E-state index in [2.05, 4.69) is 14.9 Å². The van der Waals surface area contributed by atoms with Gasteiger partial charge in [0.05, 0.1) is 12.4 Å². The van der Waals surface area contributed by atoms with Crippen LogP contribution in [0.3, 0.4) is 0 Å². The summed E-state index contributed by atoms with van der Waals surface area (Å²) in [6, 6.07) is 14.4. The van der Waals surface area contributed by atoms with Gasteiger partial charge >= 0.3 is 0 Å². The lowest BCUT2D eigenvalue weighted by atomic mass is 10.1.